The van der Waals surface area contributed by atoms with Crippen LogP contribution in [-0.4, -0.2) is 39.6 Å². The summed E-state index contributed by atoms with van der Waals surface area (Å²) in [6, 6.07) is 13.0. The van der Waals surface area contributed by atoms with Crippen LogP contribution in [0.1, 0.15) is 16.8 Å². The van der Waals surface area contributed by atoms with Crippen molar-refractivity contribution < 1.29 is 19.5 Å². The van der Waals surface area contributed by atoms with Gasteiger partial charge in [0.2, 0.25) is 11.8 Å². The molecule has 2 amide bonds. The second kappa shape index (κ2) is 9.73. The van der Waals surface area contributed by atoms with E-state index in [-0.39, 0.29) is 30.3 Å². The maximum absolute atomic E-state index is 12.8. The number of hydrogen-bond acceptors (Lipinski definition) is 6. The van der Waals surface area contributed by atoms with Crippen LogP contribution in [0.3, 0.4) is 0 Å². The van der Waals surface area contributed by atoms with E-state index >= 15 is 0 Å². The van der Waals surface area contributed by atoms with E-state index in [4.69, 9.17) is 0 Å². The summed E-state index contributed by atoms with van der Waals surface area (Å²) < 4.78 is 0.899. The maximum Gasteiger partial charge on any atom is 0.242 e. The maximum atomic E-state index is 12.8. The molecular weight excluding hydrogens is 470 g/mol. The molecule has 1 unspecified atom stereocenters. The van der Waals surface area contributed by atoms with Gasteiger partial charge in [0.1, 0.15) is 5.25 Å². The molecule has 0 spiro atoms. The first kappa shape index (κ1) is 21.8. The first-order valence-corrected chi connectivity index (χ1v) is 10.6. The summed E-state index contributed by atoms with van der Waals surface area (Å²) in [6.07, 6.45) is 1.58. The van der Waals surface area contributed by atoms with Crippen molar-refractivity contribution in [2.24, 2.45) is 4.99 Å². The monoisotopic (exact) mass is 486 g/mol. The number of nitrogens with zero attached hydrogens (tertiary/aromatic N) is 2. The van der Waals surface area contributed by atoms with E-state index in [0.717, 1.165) is 4.47 Å². The molecule has 1 atom stereocenters. The van der Waals surface area contributed by atoms with Crippen molar-refractivity contribution in [3.63, 3.8) is 0 Å². The summed E-state index contributed by atoms with van der Waals surface area (Å²) in [6.45, 7) is 3.92. The van der Waals surface area contributed by atoms with E-state index in [0.29, 0.717) is 16.5 Å². The predicted molar refractivity (Wildman–Crippen MR) is 119 cm³/mol. The molecule has 1 aliphatic rings. The van der Waals surface area contributed by atoms with Crippen molar-refractivity contribution >= 4 is 62.0 Å². The highest BCUT2D eigenvalue weighted by atomic mass is 79.9. The van der Waals surface area contributed by atoms with Crippen molar-refractivity contribution in [1.82, 2.24) is 4.90 Å². The average Bonchev–Trinajstić information content (AvgIpc) is 2.99. The number of hydrogen-bond donors (Lipinski definition) is 1. The molecule has 0 saturated carbocycles. The largest absolute Gasteiger partial charge is 0.545 e. The minimum absolute atomic E-state index is 0.00412. The van der Waals surface area contributed by atoms with Gasteiger partial charge in [-0.05, 0) is 42.0 Å². The number of thioether (sulfide) groups is 1. The van der Waals surface area contributed by atoms with Gasteiger partial charge < -0.3 is 15.2 Å². The topological polar surface area (TPSA) is 102 Å². The van der Waals surface area contributed by atoms with Crippen LogP contribution in [0.25, 0.3) is 0 Å². The zero-order valence-corrected chi connectivity index (χ0v) is 18.1. The van der Waals surface area contributed by atoms with Gasteiger partial charge in [-0.3, -0.25) is 14.5 Å². The molecule has 1 saturated heterocycles. The highest BCUT2D eigenvalue weighted by Crippen LogP contribution is 2.32. The first-order chi connectivity index (χ1) is 14.4. The predicted octanol–water partition coefficient (Wildman–Crippen LogP) is 2.96. The Morgan fingerprint density at radius 3 is 2.47 bits per heavy atom. The van der Waals surface area contributed by atoms with Crippen LogP contribution >= 0.6 is 27.7 Å². The second-order valence-electron chi connectivity index (χ2n) is 6.33. The fourth-order valence-corrected chi connectivity index (χ4v) is 4.15. The molecule has 1 heterocycles. The molecule has 3 rings (SSSR count). The van der Waals surface area contributed by atoms with E-state index in [1.54, 1.807) is 18.2 Å². The van der Waals surface area contributed by atoms with Gasteiger partial charge in [0.15, 0.2) is 5.17 Å². The Hall–Kier alpha value is -2.91. The van der Waals surface area contributed by atoms with Crippen LogP contribution in [0.5, 0.6) is 0 Å². The van der Waals surface area contributed by atoms with Crippen LogP contribution in [0.2, 0.25) is 0 Å². The minimum atomic E-state index is -1.27. The summed E-state index contributed by atoms with van der Waals surface area (Å²) >= 11 is 4.53. The third-order valence-corrected chi connectivity index (χ3v) is 5.86. The lowest BCUT2D eigenvalue weighted by Gasteiger charge is -2.14. The fourth-order valence-electron chi connectivity index (χ4n) is 2.72. The number of amidine groups is 1. The Morgan fingerprint density at radius 1 is 1.20 bits per heavy atom. The summed E-state index contributed by atoms with van der Waals surface area (Å²) in [4.78, 5) is 42.0. The molecule has 1 aliphatic heterocycles. The van der Waals surface area contributed by atoms with E-state index in [2.05, 4.69) is 32.8 Å². The molecule has 0 bridgehead atoms. The average molecular weight is 487 g/mol. The number of halogens is 1. The Balaban J connectivity index is 1.73. The van der Waals surface area contributed by atoms with Crippen molar-refractivity contribution in [1.29, 1.82) is 0 Å². The van der Waals surface area contributed by atoms with Gasteiger partial charge >= 0.3 is 0 Å². The third kappa shape index (κ3) is 5.37. The zero-order valence-electron chi connectivity index (χ0n) is 15.7. The van der Waals surface area contributed by atoms with Gasteiger partial charge in [0, 0.05) is 23.1 Å². The molecule has 2 aromatic carbocycles. The Bertz CT molecular complexity index is 1010. The number of anilines is 1. The van der Waals surface area contributed by atoms with Crippen LogP contribution in [0.15, 0.2) is 70.7 Å². The molecule has 154 valence electrons. The summed E-state index contributed by atoms with van der Waals surface area (Å²) in [5.74, 6) is -1.78. The van der Waals surface area contributed by atoms with Crippen LogP contribution in [0, 0.1) is 0 Å². The number of carboxylic acids is 1. The molecule has 30 heavy (non-hydrogen) atoms. The lowest BCUT2D eigenvalue weighted by molar-refractivity contribution is -0.255. The second-order valence-corrected chi connectivity index (χ2v) is 8.42. The molecule has 9 heteroatoms. The van der Waals surface area contributed by atoms with Gasteiger partial charge in [-0.15, -0.1) is 6.58 Å². The first-order valence-electron chi connectivity index (χ1n) is 8.92. The van der Waals surface area contributed by atoms with Gasteiger partial charge in [-0.1, -0.05) is 45.9 Å². The minimum Gasteiger partial charge on any atom is -0.545 e. The molecule has 0 aromatic heterocycles. The zero-order chi connectivity index (χ0) is 21.7. The molecule has 2 aromatic rings. The number of nitrogens with one attached hydrogen (secondary N) is 1. The molecule has 0 aliphatic carbocycles. The number of rotatable bonds is 7. The quantitative estimate of drug-likeness (QED) is 0.606. The van der Waals surface area contributed by atoms with Crippen molar-refractivity contribution in [3.8, 4) is 0 Å². The van der Waals surface area contributed by atoms with Crippen molar-refractivity contribution in [2.45, 2.75) is 11.7 Å². The van der Waals surface area contributed by atoms with Crippen molar-refractivity contribution in [3.05, 3.63) is 71.2 Å². The van der Waals surface area contributed by atoms with Crippen molar-refractivity contribution in [2.75, 3.05) is 11.9 Å². The van der Waals surface area contributed by atoms with Gasteiger partial charge in [-0.2, -0.15) is 0 Å². The van der Waals surface area contributed by atoms with E-state index in [9.17, 15) is 19.5 Å². The van der Waals surface area contributed by atoms with Gasteiger partial charge in [0.25, 0.3) is 0 Å². The molecule has 0 radical (unpaired) electrons. The van der Waals surface area contributed by atoms with Gasteiger partial charge in [-0.25, -0.2) is 4.99 Å². The summed E-state index contributed by atoms with van der Waals surface area (Å²) in [5, 5.41) is 13.5. The Labute approximate surface area is 186 Å². The number of carboxylic acid groups (broad SMARTS) is 1. The highest BCUT2D eigenvalue weighted by Gasteiger charge is 2.38. The number of benzene rings is 2. The number of carbonyl (C=O) groups excluding carboxylic acids is 3. The van der Waals surface area contributed by atoms with E-state index in [1.807, 2.05) is 12.1 Å². The third-order valence-electron chi connectivity index (χ3n) is 4.16. The molecule has 1 fully saturated rings. The van der Waals surface area contributed by atoms with E-state index < -0.39 is 11.2 Å². The molecule has 7 nitrogen and oxygen atoms in total. The number of aromatic carboxylic acids is 1. The highest BCUT2D eigenvalue weighted by molar-refractivity contribution is 9.10. The fraction of sp³-hybridized carbons (Fsp3) is 0.143. The van der Waals surface area contributed by atoms with E-state index in [1.165, 1.54) is 40.9 Å². The Kier molecular flexibility index (Phi) is 7.07. The normalized spacial score (nSPS) is 17.2. The Morgan fingerprint density at radius 2 is 1.87 bits per heavy atom. The van der Waals surface area contributed by atoms with Crippen LogP contribution in [-0.2, 0) is 9.59 Å². The number of carbonyl (C=O) groups is 3. The smallest absolute Gasteiger partial charge is 0.242 e. The van der Waals surface area contributed by atoms with Gasteiger partial charge in [0.05, 0.1) is 11.7 Å². The summed E-state index contributed by atoms with van der Waals surface area (Å²) in [7, 11) is 0. The molecule has 1 N–H and O–H groups in total. The lowest BCUT2D eigenvalue weighted by Crippen LogP contribution is -2.33. The lowest BCUT2D eigenvalue weighted by atomic mass is 10.2. The standard InChI is InChI=1S/C21H18BrN3O4S/c1-2-11-25-19(27)17(12-18(26)23-15-9-5-14(22)6-10-15)30-21(25)24-16-7-3-13(4-8-16)20(28)29/h2-10,17H,1,11-12H2,(H,23,26)(H,28,29)/p-1. The number of aliphatic imine (C=N–C) groups is 1. The number of amides is 2. The summed E-state index contributed by atoms with van der Waals surface area (Å²) in [5.41, 5.74) is 1.17. The van der Waals surface area contributed by atoms with Crippen LogP contribution in [0.4, 0.5) is 11.4 Å². The molecular formula is C21H17BrN3O4S-. The van der Waals surface area contributed by atoms with Crippen LogP contribution < -0.4 is 10.4 Å². The SMILES string of the molecule is C=CCN1C(=O)C(CC(=O)Nc2ccc(Br)cc2)SC1=Nc1ccc(C(=O)[O-])cc1.